The number of fused-ring (bicyclic) bond motifs is 3. The highest BCUT2D eigenvalue weighted by molar-refractivity contribution is 6.12. The van der Waals surface area contributed by atoms with Crippen LogP contribution in [0.15, 0.2) is 66.7 Å². The van der Waals surface area contributed by atoms with Crippen molar-refractivity contribution in [3.63, 3.8) is 0 Å². The van der Waals surface area contributed by atoms with Crippen molar-refractivity contribution in [1.29, 1.82) is 0 Å². The van der Waals surface area contributed by atoms with Gasteiger partial charge in [0.15, 0.2) is 0 Å². The minimum atomic E-state index is 0.731. The molecule has 0 unspecified atom stereocenters. The Bertz CT molecular complexity index is 992. The third-order valence-electron chi connectivity index (χ3n) is 3.89. The molecule has 4 rings (SSSR count). The maximum Gasteiger partial charge on any atom is 0.0788 e. The van der Waals surface area contributed by atoms with Gasteiger partial charge in [0.25, 0.3) is 0 Å². The van der Waals surface area contributed by atoms with Gasteiger partial charge in [-0.2, -0.15) is 0 Å². The van der Waals surface area contributed by atoms with Crippen LogP contribution in [0.1, 0.15) is 0 Å². The Labute approximate surface area is 128 Å². The molecule has 0 fully saturated rings. The summed E-state index contributed by atoms with van der Waals surface area (Å²) in [7, 11) is 0. The van der Waals surface area contributed by atoms with Gasteiger partial charge in [0.1, 0.15) is 0 Å². The van der Waals surface area contributed by atoms with Gasteiger partial charge in [0.2, 0.25) is 0 Å². The fourth-order valence-electron chi connectivity index (χ4n) is 2.86. The van der Waals surface area contributed by atoms with Gasteiger partial charge in [-0.3, -0.25) is 0 Å². The summed E-state index contributed by atoms with van der Waals surface area (Å²) in [6, 6.07) is 21.9. The van der Waals surface area contributed by atoms with Gasteiger partial charge in [0, 0.05) is 27.7 Å². The summed E-state index contributed by atoms with van der Waals surface area (Å²) < 4.78 is 0. The van der Waals surface area contributed by atoms with Crippen LogP contribution in [0.3, 0.4) is 0 Å². The van der Waals surface area contributed by atoms with Crippen molar-refractivity contribution in [3.8, 4) is 11.3 Å². The number of pyridine rings is 1. The SMILES string of the molecule is Nc1ccc2c(c1)c(-c1ccccc1)nc1ccc(N)cc12. The van der Waals surface area contributed by atoms with Crippen molar-refractivity contribution in [2.75, 3.05) is 11.5 Å². The molecule has 4 aromatic rings. The molecule has 0 atom stereocenters. The Balaban J connectivity index is 2.19. The third kappa shape index (κ3) is 1.95. The van der Waals surface area contributed by atoms with E-state index >= 15 is 0 Å². The van der Waals surface area contributed by atoms with E-state index in [9.17, 15) is 0 Å². The van der Waals surface area contributed by atoms with E-state index < -0.39 is 0 Å². The molecule has 0 aliphatic heterocycles. The van der Waals surface area contributed by atoms with Crippen molar-refractivity contribution >= 4 is 33.1 Å². The smallest absolute Gasteiger partial charge is 0.0788 e. The second-order valence-electron chi connectivity index (χ2n) is 5.41. The van der Waals surface area contributed by atoms with Gasteiger partial charge < -0.3 is 11.5 Å². The molecule has 0 saturated carbocycles. The maximum absolute atomic E-state index is 5.99. The van der Waals surface area contributed by atoms with Crippen LogP contribution in [0.4, 0.5) is 11.4 Å². The van der Waals surface area contributed by atoms with Crippen LogP contribution in [0.5, 0.6) is 0 Å². The molecule has 0 amide bonds. The highest BCUT2D eigenvalue weighted by Crippen LogP contribution is 2.34. The van der Waals surface area contributed by atoms with E-state index in [2.05, 4.69) is 12.1 Å². The molecule has 3 aromatic carbocycles. The monoisotopic (exact) mass is 285 g/mol. The molecule has 0 aliphatic rings. The zero-order chi connectivity index (χ0) is 15.1. The number of hydrogen-bond donors (Lipinski definition) is 2. The lowest BCUT2D eigenvalue weighted by Crippen LogP contribution is -1.93. The van der Waals surface area contributed by atoms with Crippen molar-refractivity contribution in [2.24, 2.45) is 0 Å². The molecule has 0 aliphatic carbocycles. The molecule has 4 N–H and O–H groups in total. The van der Waals surface area contributed by atoms with Crippen LogP contribution in [-0.4, -0.2) is 4.98 Å². The Kier molecular flexibility index (Phi) is 2.73. The van der Waals surface area contributed by atoms with Crippen LogP contribution in [0, 0.1) is 0 Å². The summed E-state index contributed by atoms with van der Waals surface area (Å²) in [6.07, 6.45) is 0. The molecule has 3 heteroatoms. The quantitative estimate of drug-likeness (QED) is 0.406. The predicted molar refractivity (Wildman–Crippen MR) is 93.5 cm³/mol. The first kappa shape index (κ1) is 12.7. The lowest BCUT2D eigenvalue weighted by atomic mass is 9.99. The van der Waals surface area contributed by atoms with Crippen LogP contribution in [0.2, 0.25) is 0 Å². The maximum atomic E-state index is 5.99. The van der Waals surface area contributed by atoms with E-state index in [0.29, 0.717) is 0 Å². The van der Waals surface area contributed by atoms with Crippen molar-refractivity contribution < 1.29 is 0 Å². The zero-order valence-electron chi connectivity index (χ0n) is 12.0. The molecule has 1 aromatic heterocycles. The van der Waals surface area contributed by atoms with Gasteiger partial charge in [-0.25, -0.2) is 4.98 Å². The van der Waals surface area contributed by atoms with E-state index in [4.69, 9.17) is 16.5 Å². The molecular formula is C19H15N3. The van der Waals surface area contributed by atoms with Crippen LogP contribution in [0.25, 0.3) is 32.9 Å². The summed E-state index contributed by atoms with van der Waals surface area (Å²) >= 11 is 0. The Morgan fingerprint density at radius 1 is 0.636 bits per heavy atom. The fourth-order valence-corrected chi connectivity index (χ4v) is 2.86. The number of nitrogens with zero attached hydrogens (tertiary/aromatic N) is 1. The number of hydrogen-bond acceptors (Lipinski definition) is 3. The number of anilines is 2. The van der Waals surface area contributed by atoms with Crippen molar-refractivity contribution in [3.05, 3.63) is 66.7 Å². The van der Waals surface area contributed by atoms with E-state index in [0.717, 1.165) is 44.3 Å². The molecule has 0 radical (unpaired) electrons. The minimum absolute atomic E-state index is 0.731. The molecule has 22 heavy (non-hydrogen) atoms. The highest BCUT2D eigenvalue weighted by Gasteiger charge is 2.10. The normalized spacial score (nSPS) is 11.1. The second kappa shape index (κ2) is 4.74. The summed E-state index contributed by atoms with van der Waals surface area (Å²) in [5.74, 6) is 0. The molecule has 3 nitrogen and oxygen atoms in total. The Morgan fingerprint density at radius 2 is 1.32 bits per heavy atom. The van der Waals surface area contributed by atoms with E-state index in [1.807, 2.05) is 54.6 Å². The number of rotatable bonds is 1. The lowest BCUT2D eigenvalue weighted by molar-refractivity contribution is 1.43. The van der Waals surface area contributed by atoms with Crippen molar-refractivity contribution in [2.45, 2.75) is 0 Å². The van der Waals surface area contributed by atoms with E-state index in [1.165, 1.54) is 0 Å². The van der Waals surface area contributed by atoms with Gasteiger partial charge in [-0.05, 0) is 35.7 Å². The largest absolute Gasteiger partial charge is 0.399 e. The summed E-state index contributed by atoms with van der Waals surface area (Å²) in [5.41, 5.74) is 16.4. The van der Waals surface area contributed by atoms with Gasteiger partial charge in [0.05, 0.1) is 11.2 Å². The molecular weight excluding hydrogens is 270 g/mol. The predicted octanol–water partition coefficient (Wildman–Crippen LogP) is 4.22. The van der Waals surface area contributed by atoms with Gasteiger partial charge >= 0.3 is 0 Å². The van der Waals surface area contributed by atoms with Crippen molar-refractivity contribution in [1.82, 2.24) is 4.98 Å². The number of benzene rings is 3. The van der Waals surface area contributed by atoms with Gasteiger partial charge in [-0.15, -0.1) is 0 Å². The van der Waals surface area contributed by atoms with E-state index in [1.54, 1.807) is 0 Å². The van der Waals surface area contributed by atoms with Crippen LogP contribution < -0.4 is 11.5 Å². The topological polar surface area (TPSA) is 64.9 Å². The first-order valence-electron chi connectivity index (χ1n) is 7.16. The standard InChI is InChI=1S/C19H15N3/c20-13-6-8-15-16-10-14(21)7-9-18(16)22-19(17(15)11-13)12-4-2-1-3-5-12/h1-11H,20-21H2. The zero-order valence-corrected chi connectivity index (χ0v) is 12.0. The molecule has 106 valence electrons. The Morgan fingerprint density at radius 3 is 2.09 bits per heavy atom. The molecule has 0 spiro atoms. The Hall–Kier alpha value is -3.07. The van der Waals surface area contributed by atoms with E-state index in [-0.39, 0.29) is 0 Å². The average molecular weight is 285 g/mol. The highest BCUT2D eigenvalue weighted by atomic mass is 14.7. The summed E-state index contributed by atoms with van der Waals surface area (Å²) in [4.78, 5) is 4.84. The number of aromatic nitrogens is 1. The fraction of sp³-hybridized carbons (Fsp3) is 0. The summed E-state index contributed by atoms with van der Waals surface area (Å²) in [6.45, 7) is 0. The molecule has 0 saturated heterocycles. The summed E-state index contributed by atoms with van der Waals surface area (Å²) in [5, 5.41) is 3.21. The number of nitrogens with two attached hydrogens (primary N) is 2. The van der Waals surface area contributed by atoms with Crippen LogP contribution in [-0.2, 0) is 0 Å². The third-order valence-corrected chi connectivity index (χ3v) is 3.89. The first-order chi connectivity index (χ1) is 10.7. The second-order valence-corrected chi connectivity index (χ2v) is 5.41. The first-order valence-corrected chi connectivity index (χ1v) is 7.16. The minimum Gasteiger partial charge on any atom is -0.399 e. The average Bonchev–Trinajstić information content (AvgIpc) is 2.55. The van der Waals surface area contributed by atoms with Crippen LogP contribution >= 0.6 is 0 Å². The van der Waals surface area contributed by atoms with Gasteiger partial charge in [-0.1, -0.05) is 36.4 Å². The number of nitrogen functional groups attached to an aromatic ring is 2. The molecule has 0 bridgehead atoms. The molecule has 1 heterocycles. The lowest BCUT2D eigenvalue weighted by Gasteiger charge is -2.11.